The van der Waals surface area contributed by atoms with E-state index in [-0.39, 0.29) is 5.91 Å². The predicted octanol–water partition coefficient (Wildman–Crippen LogP) is 5.60. The van der Waals surface area contributed by atoms with E-state index in [1.807, 2.05) is 37.3 Å². The van der Waals surface area contributed by atoms with Crippen LogP contribution in [0, 0.1) is 0 Å². The number of carbonyl (C=O) groups excluding carboxylic acids is 1. The first-order valence-corrected chi connectivity index (χ1v) is 9.42. The molecule has 5 nitrogen and oxygen atoms in total. The van der Waals surface area contributed by atoms with Gasteiger partial charge in [0.2, 0.25) is 0 Å². The van der Waals surface area contributed by atoms with Crippen LogP contribution in [0.15, 0.2) is 66.9 Å². The summed E-state index contributed by atoms with van der Waals surface area (Å²) in [5.74, 6) is 1.02. The molecular formula is C23H25N3O2. The topological polar surface area (TPSA) is 63.2 Å². The Morgan fingerprint density at radius 2 is 1.57 bits per heavy atom. The van der Waals surface area contributed by atoms with Crippen molar-refractivity contribution in [2.75, 3.05) is 17.2 Å². The van der Waals surface area contributed by atoms with E-state index in [9.17, 15) is 4.79 Å². The number of pyridine rings is 1. The number of carbonyl (C=O) groups is 1. The molecule has 0 bridgehead atoms. The van der Waals surface area contributed by atoms with Gasteiger partial charge in [-0.25, -0.2) is 4.98 Å². The van der Waals surface area contributed by atoms with E-state index in [1.54, 1.807) is 24.4 Å². The molecular weight excluding hydrogens is 350 g/mol. The highest BCUT2D eigenvalue weighted by atomic mass is 16.5. The standard InChI is InChI=1S/C23H25N3O2/c1-4-28-21-12-9-19(10-13-21)26-23(27)22-14-11-20(15-24-22)25-18-7-5-17(6-8-18)16(2)3/h5-16,25H,4H2,1-3H3,(H,26,27). The Hall–Kier alpha value is -3.34. The fourth-order valence-corrected chi connectivity index (χ4v) is 2.72. The first kappa shape index (κ1) is 19.4. The predicted molar refractivity (Wildman–Crippen MR) is 114 cm³/mol. The van der Waals surface area contributed by atoms with Gasteiger partial charge in [0, 0.05) is 11.4 Å². The number of ether oxygens (including phenoxy) is 1. The molecule has 0 atom stereocenters. The van der Waals surface area contributed by atoms with E-state index in [0.29, 0.717) is 23.9 Å². The molecule has 1 amide bonds. The summed E-state index contributed by atoms with van der Waals surface area (Å²) in [6, 6.07) is 19.1. The number of amides is 1. The van der Waals surface area contributed by atoms with Gasteiger partial charge in [-0.2, -0.15) is 0 Å². The van der Waals surface area contributed by atoms with Gasteiger partial charge in [0.25, 0.3) is 5.91 Å². The zero-order valence-electron chi connectivity index (χ0n) is 16.4. The average Bonchev–Trinajstić information content (AvgIpc) is 2.70. The molecule has 3 rings (SSSR count). The Morgan fingerprint density at radius 1 is 0.929 bits per heavy atom. The Morgan fingerprint density at radius 3 is 2.14 bits per heavy atom. The van der Waals surface area contributed by atoms with Gasteiger partial charge in [0.1, 0.15) is 11.4 Å². The lowest BCUT2D eigenvalue weighted by atomic mass is 10.0. The van der Waals surface area contributed by atoms with Gasteiger partial charge in [0.05, 0.1) is 18.5 Å². The Balaban J connectivity index is 1.60. The lowest BCUT2D eigenvalue weighted by Gasteiger charge is -2.10. The van der Waals surface area contributed by atoms with Crippen molar-refractivity contribution in [2.24, 2.45) is 0 Å². The van der Waals surface area contributed by atoms with Crippen LogP contribution in [0.2, 0.25) is 0 Å². The number of hydrogen-bond acceptors (Lipinski definition) is 4. The van der Waals surface area contributed by atoms with Crippen molar-refractivity contribution < 1.29 is 9.53 Å². The van der Waals surface area contributed by atoms with Crippen molar-refractivity contribution in [1.29, 1.82) is 0 Å². The molecule has 0 aliphatic carbocycles. The molecule has 0 spiro atoms. The zero-order chi connectivity index (χ0) is 19.9. The lowest BCUT2D eigenvalue weighted by Crippen LogP contribution is -2.13. The van der Waals surface area contributed by atoms with Crippen molar-refractivity contribution in [3.8, 4) is 5.75 Å². The van der Waals surface area contributed by atoms with Gasteiger partial charge in [0.15, 0.2) is 0 Å². The molecule has 0 saturated heterocycles. The quantitative estimate of drug-likeness (QED) is 0.564. The van der Waals surface area contributed by atoms with Crippen LogP contribution in [0.4, 0.5) is 17.1 Å². The molecule has 0 aliphatic rings. The molecule has 1 heterocycles. The molecule has 0 unspecified atom stereocenters. The molecule has 28 heavy (non-hydrogen) atoms. The van der Waals surface area contributed by atoms with Crippen LogP contribution in [-0.2, 0) is 0 Å². The molecule has 0 aliphatic heterocycles. The van der Waals surface area contributed by atoms with Gasteiger partial charge in [-0.1, -0.05) is 26.0 Å². The summed E-state index contributed by atoms with van der Waals surface area (Å²) in [7, 11) is 0. The van der Waals surface area contributed by atoms with E-state index in [2.05, 4.69) is 41.6 Å². The molecule has 5 heteroatoms. The van der Waals surface area contributed by atoms with Crippen LogP contribution in [0.3, 0.4) is 0 Å². The molecule has 3 aromatic rings. The van der Waals surface area contributed by atoms with Crippen LogP contribution < -0.4 is 15.4 Å². The van der Waals surface area contributed by atoms with Crippen molar-refractivity contribution in [1.82, 2.24) is 4.98 Å². The second-order valence-corrected chi connectivity index (χ2v) is 6.75. The summed E-state index contributed by atoms with van der Waals surface area (Å²) in [6.07, 6.45) is 1.66. The van der Waals surface area contributed by atoms with Crippen molar-refractivity contribution in [3.05, 3.63) is 78.1 Å². The summed E-state index contributed by atoms with van der Waals surface area (Å²) < 4.78 is 5.40. The van der Waals surface area contributed by atoms with E-state index in [1.165, 1.54) is 5.56 Å². The molecule has 2 aromatic carbocycles. The Labute approximate surface area is 165 Å². The minimum atomic E-state index is -0.253. The summed E-state index contributed by atoms with van der Waals surface area (Å²) in [5, 5.41) is 6.13. The SMILES string of the molecule is CCOc1ccc(NC(=O)c2ccc(Nc3ccc(C(C)C)cc3)cn2)cc1. The number of anilines is 3. The van der Waals surface area contributed by atoms with Crippen molar-refractivity contribution in [2.45, 2.75) is 26.7 Å². The van der Waals surface area contributed by atoms with E-state index < -0.39 is 0 Å². The minimum absolute atomic E-state index is 0.253. The molecule has 1 aromatic heterocycles. The third-order valence-corrected chi connectivity index (χ3v) is 4.29. The molecule has 0 fully saturated rings. The fourth-order valence-electron chi connectivity index (χ4n) is 2.72. The van der Waals surface area contributed by atoms with Crippen molar-refractivity contribution >= 4 is 23.0 Å². The van der Waals surface area contributed by atoms with E-state index >= 15 is 0 Å². The van der Waals surface area contributed by atoms with E-state index in [0.717, 1.165) is 17.1 Å². The van der Waals surface area contributed by atoms with Gasteiger partial charge in [-0.15, -0.1) is 0 Å². The van der Waals surface area contributed by atoms with Gasteiger partial charge in [-0.05, 0) is 66.9 Å². The Kier molecular flexibility index (Phi) is 6.27. The number of nitrogens with zero attached hydrogens (tertiary/aromatic N) is 1. The first-order chi connectivity index (χ1) is 13.5. The molecule has 144 valence electrons. The molecule has 0 saturated carbocycles. The smallest absolute Gasteiger partial charge is 0.274 e. The molecule has 2 N–H and O–H groups in total. The number of aromatic nitrogens is 1. The van der Waals surface area contributed by atoms with Crippen LogP contribution in [-0.4, -0.2) is 17.5 Å². The highest BCUT2D eigenvalue weighted by Crippen LogP contribution is 2.21. The maximum atomic E-state index is 12.4. The Bertz CT molecular complexity index is 902. The zero-order valence-corrected chi connectivity index (χ0v) is 16.4. The van der Waals surface area contributed by atoms with Crippen molar-refractivity contribution in [3.63, 3.8) is 0 Å². The fraction of sp³-hybridized carbons (Fsp3) is 0.217. The highest BCUT2D eigenvalue weighted by Gasteiger charge is 2.08. The van der Waals surface area contributed by atoms with Crippen LogP contribution in [0.25, 0.3) is 0 Å². The van der Waals surface area contributed by atoms with Crippen LogP contribution in [0.5, 0.6) is 5.75 Å². The summed E-state index contributed by atoms with van der Waals surface area (Å²) in [5.41, 5.74) is 4.16. The monoisotopic (exact) mass is 375 g/mol. The number of benzene rings is 2. The number of hydrogen-bond donors (Lipinski definition) is 2. The van der Waals surface area contributed by atoms with E-state index in [4.69, 9.17) is 4.74 Å². The maximum absolute atomic E-state index is 12.4. The second-order valence-electron chi connectivity index (χ2n) is 6.75. The average molecular weight is 375 g/mol. The summed E-state index contributed by atoms with van der Waals surface area (Å²) in [6.45, 7) is 6.88. The summed E-state index contributed by atoms with van der Waals surface area (Å²) in [4.78, 5) is 16.6. The normalized spacial score (nSPS) is 10.6. The largest absolute Gasteiger partial charge is 0.494 e. The van der Waals surface area contributed by atoms with Gasteiger partial charge >= 0.3 is 0 Å². The first-order valence-electron chi connectivity index (χ1n) is 9.42. The van der Waals surface area contributed by atoms with Crippen LogP contribution >= 0.6 is 0 Å². The minimum Gasteiger partial charge on any atom is -0.494 e. The van der Waals surface area contributed by atoms with Gasteiger partial charge in [-0.3, -0.25) is 4.79 Å². The lowest BCUT2D eigenvalue weighted by molar-refractivity contribution is 0.102. The van der Waals surface area contributed by atoms with Crippen LogP contribution in [0.1, 0.15) is 42.7 Å². The summed E-state index contributed by atoms with van der Waals surface area (Å²) >= 11 is 0. The third-order valence-electron chi connectivity index (χ3n) is 4.29. The third kappa shape index (κ3) is 5.10. The van der Waals surface area contributed by atoms with Gasteiger partial charge < -0.3 is 15.4 Å². The highest BCUT2D eigenvalue weighted by molar-refractivity contribution is 6.03. The molecule has 0 radical (unpaired) electrons. The number of nitrogens with one attached hydrogen (secondary N) is 2. The number of rotatable bonds is 7. The second kappa shape index (κ2) is 9.04. The maximum Gasteiger partial charge on any atom is 0.274 e.